The van der Waals surface area contributed by atoms with Gasteiger partial charge in [-0.2, -0.15) is 0 Å². The molecule has 0 spiro atoms. The van der Waals surface area contributed by atoms with Crippen molar-refractivity contribution in [1.29, 1.82) is 0 Å². The number of morpholine rings is 1. The van der Waals surface area contributed by atoms with E-state index in [4.69, 9.17) is 4.74 Å². The zero-order chi connectivity index (χ0) is 20.3. The summed E-state index contributed by atoms with van der Waals surface area (Å²) in [6.45, 7) is 12.0. The first kappa shape index (κ1) is 20.4. The standard InChI is InChI=1S/C22H30FN3O2/c1-15(2)13-24-22(27)21-16(3)20(25-9-11-28-12-10-25)17(4)26(21)14-18-7-5-6-8-19(18)23/h5-8,15H,9-14H2,1-4H3,(H,24,27). The molecule has 28 heavy (non-hydrogen) atoms. The third kappa shape index (κ3) is 4.22. The van der Waals surface area contributed by atoms with Gasteiger partial charge < -0.3 is 19.5 Å². The van der Waals surface area contributed by atoms with Gasteiger partial charge in [-0.05, 0) is 25.8 Å². The van der Waals surface area contributed by atoms with E-state index in [1.165, 1.54) is 6.07 Å². The van der Waals surface area contributed by atoms with Crippen molar-refractivity contribution in [2.45, 2.75) is 34.2 Å². The number of aromatic nitrogens is 1. The van der Waals surface area contributed by atoms with Gasteiger partial charge >= 0.3 is 0 Å². The van der Waals surface area contributed by atoms with E-state index in [0.29, 0.717) is 43.5 Å². The summed E-state index contributed by atoms with van der Waals surface area (Å²) in [6, 6.07) is 6.74. The number of halogens is 1. The summed E-state index contributed by atoms with van der Waals surface area (Å²) < 4.78 is 21.8. The van der Waals surface area contributed by atoms with Crippen LogP contribution in [0.5, 0.6) is 0 Å². The molecular formula is C22H30FN3O2. The number of amides is 1. The number of benzene rings is 1. The number of hydrogen-bond donors (Lipinski definition) is 1. The molecule has 152 valence electrons. The van der Waals surface area contributed by atoms with Gasteiger partial charge in [-0.3, -0.25) is 4.79 Å². The van der Waals surface area contributed by atoms with Crippen LogP contribution in [0.4, 0.5) is 10.1 Å². The molecule has 0 unspecified atom stereocenters. The molecule has 0 radical (unpaired) electrons. The lowest BCUT2D eigenvalue weighted by atomic mass is 10.1. The van der Waals surface area contributed by atoms with Crippen molar-refractivity contribution in [3.63, 3.8) is 0 Å². The van der Waals surface area contributed by atoms with E-state index in [9.17, 15) is 9.18 Å². The van der Waals surface area contributed by atoms with Gasteiger partial charge in [-0.25, -0.2) is 4.39 Å². The van der Waals surface area contributed by atoms with Crippen molar-refractivity contribution in [2.24, 2.45) is 5.92 Å². The van der Waals surface area contributed by atoms with Gasteiger partial charge in [0.2, 0.25) is 0 Å². The number of rotatable bonds is 6. The quantitative estimate of drug-likeness (QED) is 0.825. The fraction of sp³-hybridized carbons (Fsp3) is 0.500. The highest BCUT2D eigenvalue weighted by Gasteiger charge is 2.27. The van der Waals surface area contributed by atoms with Crippen molar-refractivity contribution in [1.82, 2.24) is 9.88 Å². The number of hydrogen-bond acceptors (Lipinski definition) is 3. The third-order valence-corrected chi connectivity index (χ3v) is 5.23. The van der Waals surface area contributed by atoms with Crippen molar-refractivity contribution in [3.05, 3.63) is 52.6 Å². The Morgan fingerprint density at radius 1 is 1.21 bits per heavy atom. The van der Waals surface area contributed by atoms with Gasteiger partial charge in [0.05, 0.1) is 25.4 Å². The highest BCUT2D eigenvalue weighted by Crippen LogP contribution is 2.32. The third-order valence-electron chi connectivity index (χ3n) is 5.23. The van der Waals surface area contributed by atoms with Gasteiger partial charge in [0, 0.05) is 36.5 Å². The molecule has 1 aromatic heterocycles. The van der Waals surface area contributed by atoms with Crippen LogP contribution in [-0.4, -0.2) is 43.3 Å². The molecule has 1 aromatic carbocycles. The van der Waals surface area contributed by atoms with Crippen molar-refractivity contribution >= 4 is 11.6 Å². The van der Waals surface area contributed by atoms with E-state index in [1.807, 2.05) is 24.5 Å². The maximum atomic E-state index is 14.3. The molecule has 1 saturated heterocycles. The number of nitrogens with one attached hydrogen (secondary N) is 1. The Balaban J connectivity index is 2.04. The molecule has 1 amide bonds. The Labute approximate surface area is 166 Å². The summed E-state index contributed by atoms with van der Waals surface area (Å²) in [5, 5.41) is 3.03. The predicted octanol–water partition coefficient (Wildman–Crippen LogP) is 3.51. The Hall–Kier alpha value is -2.34. The van der Waals surface area contributed by atoms with Crippen LogP contribution in [0.15, 0.2) is 24.3 Å². The molecule has 6 heteroatoms. The summed E-state index contributed by atoms with van der Waals surface area (Å²) in [6.07, 6.45) is 0. The van der Waals surface area contributed by atoms with Crippen LogP contribution in [0.1, 0.15) is 41.2 Å². The first-order chi connectivity index (χ1) is 13.4. The number of nitrogens with zero attached hydrogens (tertiary/aromatic N) is 2. The maximum absolute atomic E-state index is 14.3. The number of carbonyl (C=O) groups excluding carboxylic acids is 1. The highest BCUT2D eigenvalue weighted by atomic mass is 19.1. The SMILES string of the molecule is Cc1c(N2CCOCC2)c(C)n(Cc2ccccc2F)c1C(=O)NCC(C)C. The second-order valence-electron chi connectivity index (χ2n) is 7.79. The Morgan fingerprint density at radius 2 is 1.89 bits per heavy atom. The lowest BCUT2D eigenvalue weighted by Crippen LogP contribution is -2.36. The molecule has 3 rings (SSSR count). The zero-order valence-electron chi connectivity index (χ0n) is 17.2. The number of carbonyl (C=O) groups is 1. The minimum atomic E-state index is -0.255. The topological polar surface area (TPSA) is 46.5 Å². The molecule has 1 aliphatic rings. The summed E-state index contributed by atoms with van der Waals surface area (Å²) in [7, 11) is 0. The van der Waals surface area contributed by atoms with Crippen LogP contribution in [0.2, 0.25) is 0 Å². The van der Waals surface area contributed by atoms with Gasteiger partial charge in [-0.1, -0.05) is 32.0 Å². The van der Waals surface area contributed by atoms with Gasteiger partial charge in [-0.15, -0.1) is 0 Å². The minimum absolute atomic E-state index is 0.106. The molecule has 0 saturated carbocycles. The number of anilines is 1. The molecule has 2 heterocycles. The Kier molecular flexibility index (Phi) is 6.39. The molecular weight excluding hydrogens is 357 g/mol. The van der Waals surface area contributed by atoms with E-state index in [0.717, 1.165) is 30.0 Å². The van der Waals surface area contributed by atoms with E-state index in [-0.39, 0.29) is 11.7 Å². The molecule has 2 aromatic rings. The molecule has 1 aliphatic heterocycles. The Morgan fingerprint density at radius 3 is 2.54 bits per heavy atom. The zero-order valence-corrected chi connectivity index (χ0v) is 17.2. The molecule has 0 atom stereocenters. The lowest BCUT2D eigenvalue weighted by Gasteiger charge is -2.29. The van der Waals surface area contributed by atoms with E-state index >= 15 is 0 Å². The average Bonchev–Trinajstić information content (AvgIpc) is 2.92. The first-order valence-electron chi connectivity index (χ1n) is 9.94. The van der Waals surface area contributed by atoms with Crippen LogP contribution in [0, 0.1) is 25.6 Å². The summed E-state index contributed by atoms with van der Waals surface area (Å²) in [5.74, 6) is -0.00101. The molecule has 5 nitrogen and oxygen atoms in total. The minimum Gasteiger partial charge on any atom is -0.378 e. The average molecular weight is 387 g/mol. The maximum Gasteiger partial charge on any atom is 0.268 e. The second kappa shape index (κ2) is 8.78. The van der Waals surface area contributed by atoms with Crippen LogP contribution in [0.3, 0.4) is 0 Å². The molecule has 0 bridgehead atoms. The lowest BCUT2D eigenvalue weighted by molar-refractivity contribution is 0.0939. The molecule has 1 N–H and O–H groups in total. The van der Waals surface area contributed by atoms with Crippen molar-refractivity contribution in [2.75, 3.05) is 37.7 Å². The van der Waals surface area contributed by atoms with E-state index < -0.39 is 0 Å². The van der Waals surface area contributed by atoms with Gasteiger partial charge in [0.15, 0.2) is 0 Å². The van der Waals surface area contributed by atoms with Crippen LogP contribution in [-0.2, 0) is 11.3 Å². The normalized spacial score (nSPS) is 14.6. The van der Waals surface area contributed by atoms with Gasteiger partial charge in [0.1, 0.15) is 11.5 Å². The largest absolute Gasteiger partial charge is 0.378 e. The molecule has 1 fully saturated rings. The summed E-state index contributed by atoms with van der Waals surface area (Å²) in [4.78, 5) is 15.3. The fourth-order valence-corrected chi connectivity index (χ4v) is 3.80. The van der Waals surface area contributed by atoms with Crippen molar-refractivity contribution in [3.8, 4) is 0 Å². The summed E-state index contributed by atoms with van der Waals surface area (Å²) >= 11 is 0. The summed E-state index contributed by atoms with van der Waals surface area (Å²) in [5.41, 5.74) is 4.18. The highest BCUT2D eigenvalue weighted by molar-refractivity contribution is 5.96. The van der Waals surface area contributed by atoms with Crippen LogP contribution < -0.4 is 10.2 Å². The first-order valence-corrected chi connectivity index (χ1v) is 9.94. The van der Waals surface area contributed by atoms with E-state index in [1.54, 1.807) is 12.1 Å². The fourth-order valence-electron chi connectivity index (χ4n) is 3.80. The Bertz CT molecular complexity index is 839. The van der Waals surface area contributed by atoms with Crippen LogP contribution in [0.25, 0.3) is 0 Å². The smallest absolute Gasteiger partial charge is 0.268 e. The second-order valence-corrected chi connectivity index (χ2v) is 7.79. The monoisotopic (exact) mass is 387 g/mol. The van der Waals surface area contributed by atoms with E-state index in [2.05, 4.69) is 24.1 Å². The van der Waals surface area contributed by atoms with Crippen LogP contribution >= 0.6 is 0 Å². The number of ether oxygens (including phenoxy) is 1. The van der Waals surface area contributed by atoms with Crippen molar-refractivity contribution < 1.29 is 13.9 Å². The predicted molar refractivity (Wildman–Crippen MR) is 110 cm³/mol. The van der Waals surface area contributed by atoms with Gasteiger partial charge in [0.25, 0.3) is 5.91 Å². The molecule has 0 aliphatic carbocycles.